The molecule has 132 valence electrons. The van der Waals surface area contributed by atoms with E-state index < -0.39 is 22.7 Å². The lowest BCUT2D eigenvalue weighted by Crippen LogP contribution is -2.09. The van der Waals surface area contributed by atoms with Crippen molar-refractivity contribution in [3.8, 4) is 0 Å². The smallest absolute Gasteiger partial charge is 0.226 e. The third-order valence-corrected chi connectivity index (χ3v) is 3.80. The highest BCUT2D eigenvalue weighted by Gasteiger charge is 2.15. The normalized spacial score (nSPS) is 13.5. The Labute approximate surface area is 146 Å². The van der Waals surface area contributed by atoms with E-state index in [0.717, 1.165) is 12.1 Å². The molecule has 5 nitrogen and oxygen atoms in total. The van der Waals surface area contributed by atoms with Crippen molar-refractivity contribution >= 4 is 22.7 Å². The number of nitrogens with zero attached hydrogens (tertiary/aromatic N) is 1. The zero-order valence-electron chi connectivity index (χ0n) is 13.5. The number of hydrogen-bond acceptors (Lipinski definition) is 5. The molecule has 2 aromatic carbocycles. The Morgan fingerprint density at radius 1 is 1.20 bits per heavy atom. The highest BCUT2D eigenvalue weighted by atomic mass is 32.2. The van der Waals surface area contributed by atoms with Gasteiger partial charge in [0.25, 0.3) is 0 Å². The second-order valence-corrected chi connectivity index (χ2v) is 5.85. The van der Waals surface area contributed by atoms with Gasteiger partial charge in [0.05, 0.1) is 12.8 Å². The summed E-state index contributed by atoms with van der Waals surface area (Å²) in [6.45, 7) is 1.62. The van der Waals surface area contributed by atoms with Crippen LogP contribution in [0.5, 0.6) is 0 Å². The first-order chi connectivity index (χ1) is 11.9. The van der Waals surface area contributed by atoms with E-state index in [1.807, 2.05) is 0 Å². The molecule has 0 aliphatic carbocycles. The molecule has 1 N–H and O–H groups in total. The average molecular weight is 365 g/mol. The van der Waals surface area contributed by atoms with Crippen molar-refractivity contribution in [2.75, 3.05) is 12.4 Å². The van der Waals surface area contributed by atoms with Crippen LogP contribution in [0.15, 0.2) is 64.2 Å². The van der Waals surface area contributed by atoms with Crippen molar-refractivity contribution in [3.05, 3.63) is 71.6 Å². The van der Waals surface area contributed by atoms with Gasteiger partial charge in [0.2, 0.25) is 5.90 Å². The number of benzene rings is 2. The molecule has 25 heavy (non-hydrogen) atoms. The fourth-order valence-corrected chi connectivity index (χ4v) is 2.31. The highest BCUT2D eigenvalue weighted by Crippen LogP contribution is 2.16. The molecule has 0 radical (unpaired) electrons. The molecule has 0 fully saturated rings. The fraction of sp³-hybridized carbons (Fsp3) is 0.118. The Bertz CT molecular complexity index is 816. The first kappa shape index (κ1) is 18.8. The van der Waals surface area contributed by atoms with Gasteiger partial charge in [-0.3, -0.25) is 4.21 Å². The molecule has 0 aliphatic rings. The number of anilines is 1. The van der Waals surface area contributed by atoms with Crippen molar-refractivity contribution in [1.29, 1.82) is 0 Å². The molecule has 0 heterocycles. The van der Waals surface area contributed by atoms with Gasteiger partial charge < -0.3 is 14.6 Å². The van der Waals surface area contributed by atoms with Crippen LogP contribution >= 0.6 is 0 Å². The number of halogens is 2. The lowest BCUT2D eigenvalue weighted by Gasteiger charge is -2.08. The molecule has 0 saturated heterocycles. The first-order valence-electron chi connectivity index (χ1n) is 7.12. The van der Waals surface area contributed by atoms with Crippen molar-refractivity contribution in [2.24, 2.45) is 4.99 Å². The topological polar surface area (TPSA) is 73.8 Å². The maximum absolute atomic E-state index is 13.8. The SMILES string of the molecule is COC(=N/C(C)=C/Nc1ccc(S(=O)[O-])cc1)c1c(F)cccc1F. The molecule has 8 heteroatoms. The average Bonchev–Trinajstić information content (AvgIpc) is 2.59. The minimum Gasteiger partial charge on any atom is -0.768 e. The summed E-state index contributed by atoms with van der Waals surface area (Å²) in [6, 6.07) is 9.51. The second kappa shape index (κ2) is 8.50. The molecule has 0 aliphatic heterocycles. The molecule has 1 atom stereocenters. The summed E-state index contributed by atoms with van der Waals surface area (Å²) in [6.07, 6.45) is 1.50. The van der Waals surface area contributed by atoms with Crippen molar-refractivity contribution in [2.45, 2.75) is 11.8 Å². The van der Waals surface area contributed by atoms with Gasteiger partial charge in [-0.15, -0.1) is 0 Å². The van der Waals surface area contributed by atoms with E-state index in [9.17, 15) is 17.5 Å². The maximum atomic E-state index is 13.8. The van der Waals surface area contributed by atoms with Crippen molar-refractivity contribution in [3.63, 3.8) is 0 Å². The molecular formula is C17H15F2N2O3S-. The predicted molar refractivity (Wildman–Crippen MR) is 90.9 cm³/mol. The van der Waals surface area contributed by atoms with Crippen molar-refractivity contribution < 1.29 is 22.3 Å². The molecular weight excluding hydrogens is 350 g/mol. The van der Waals surface area contributed by atoms with Gasteiger partial charge in [0, 0.05) is 16.8 Å². The van der Waals surface area contributed by atoms with E-state index in [0.29, 0.717) is 11.4 Å². The number of ether oxygens (including phenoxy) is 1. The predicted octanol–water partition coefficient (Wildman–Crippen LogP) is 3.57. The van der Waals surface area contributed by atoms with Gasteiger partial charge in [0.15, 0.2) is 0 Å². The molecule has 2 aromatic rings. The number of aliphatic imine (C=N–C) groups is 1. The van der Waals surface area contributed by atoms with E-state index in [1.54, 1.807) is 19.1 Å². The van der Waals surface area contributed by atoms with E-state index in [4.69, 9.17) is 4.74 Å². The van der Waals surface area contributed by atoms with Gasteiger partial charge in [0.1, 0.15) is 17.2 Å². The minimum absolute atomic E-state index is 0.168. The van der Waals surface area contributed by atoms with Crippen LogP contribution in [0.25, 0.3) is 0 Å². The Kier molecular flexibility index (Phi) is 6.37. The lowest BCUT2D eigenvalue weighted by molar-refractivity contribution is 0.398. The fourth-order valence-electron chi connectivity index (χ4n) is 1.95. The molecule has 0 saturated carbocycles. The Hall–Kier alpha value is -2.58. The third kappa shape index (κ3) is 4.94. The zero-order chi connectivity index (χ0) is 18.4. The summed E-state index contributed by atoms with van der Waals surface area (Å²) >= 11 is -2.29. The van der Waals surface area contributed by atoms with E-state index >= 15 is 0 Å². The summed E-state index contributed by atoms with van der Waals surface area (Å²) in [4.78, 5) is 4.23. The largest absolute Gasteiger partial charge is 0.768 e. The van der Waals surface area contributed by atoms with Crippen LogP contribution in [0, 0.1) is 11.6 Å². The van der Waals surface area contributed by atoms with Gasteiger partial charge in [-0.05, 0) is 54.4 Å². The Balaban J connectivity index is 2.20. The standard InChI is InChI=1S/C17H16F2N2O3S/c1-11(10-20-12-6-8-13(9-7-12)25(22)23)21-17(24-2)16-14(18)4-3-5-15(16)19/h3-10,20H,1-2H3,(H,22,23)/p-1/b11-10+,21-17?. The first-order valence-corrected chi connectivity index (χ1v) is 8.19. The van der Waals surface area contributed by atoms with E-state index in [2.05, 4.69) is 10.3 Å². The summed E-state index contributed by atoms with van der Waals surface area (Å²) in [5.74, 6) is -1.74. The molecule has 2 rings (SSSR count). The maximum Gasteiger partial charge on any atom is 0.226 e. The highest BCUT2D eigenvalue weighted by molar-refractivity contribution is 7.79. The molecule has 0 bridgehead atoms. The van der Waals surface area contributed by atoms with Crippen LogP contribution in [0.2, 0.25) is 0 Å². The minimum atomic E-state index is -2.29. The third-order valence-electron chi connectivity index (χ3n) is 3.14. The van der Waals surface area contributed by atoms with Gasteiger partial charge in [-0.1, -0.05) is 6.07 Å². The van der Waals surface area contributed by atoms with Crippen LogP contribution in [-0.2, 0) is 15.8 Å². The summed E-state index contributed by atoms with van der Waals surface area (Å²) < 4.78 is 54.2. The van der Waals surface area contributed by atoms with Crippen LogP contribution in [0.4, 0.5) is 14.5 Å². The Morgan fingerprint density at radius 2 is 1.80 bits per heavy atom. The van der Waals surface area contributed by atoms with Crippen LogP contribution < -0.4 is 5.32 Å². The molecule has 0 amide bonds. The number of rotatable bonds is 5. The number of methoxy groups -OCH3 is 1. The Morgan fingerprint density at radius 3 is 2.32 bits per heavy atom. The van der Waals surface area contributed by atoms with Crippen LogP contribution in [0.1, 0.15) is 12.5 Å². The summed E-state index contributed by atoms with van der Waals surface area (Å²) in [7, 11) is 1.27. The van der Waals surface area contributed by atoms with Gasteiger partial charge in [-0.25, -0.2) is 13.8 Å². The number of hydrogen-bond donors (Lipinski definition) is 1. The van der Waals surface area contributed by atoms with E-state index in [-0.39, 0.29) is 16.4 Å². The summed E-state index contributed by atoms with van der Waals surface area (Å²) in [5, 5.41) is 2.91. The zero-order valence-corrected chi connectivity index (χ0v) is 14.3. The van der Waals surface area contributed by atoms with Gasteiger partial charge in [-0.2, -0.15) is 0 Å². The van der Waals surface area contributed by atoms with Crippen LogP contribution in [-0.4, -0.2) is 21.8 Å². The molecule has 0 spiro atoms. The molecule has 1 unspecified atom stereocenters. The quantitative estimate of drug-likeness (QED) is 0.499. The van der Waals surface area contributed by atoms with Crippen LogP contribution in [0.3, 0.4) is 0 Å². The number of allylic oxidation sites excluding steroid dienone is 1. The van der Waals surface area contributed by atoms with E-state index in [1.165, 1.54) is 31.5 Å². The van der Waals surface area contributed by atoms with Gasteiger partial charge >= 0.3 is 0 Å². The molecule has 0 aromatic heterocycles. The summed E-state index contributed by atoms with van der Waals surface area (Å²) in [5.41, 5.74) is 0.677. The monoisotopic (exact) mass is 365 g/mol. The van der Waals surface area contributed by atoms with Crippen molar-refractivity contribution in [1.82, 2.24) is 0 Å². The lowest BCUT2D eigenvalue weighted by atomic mass is 10.2. The number of nitrogens with one attached hydrogen (secondary N) is 1. The second-order valence-electron chi connectivity index (χ2n) is 4.91.